The Morgan fingerprint density at radius 3 is 2.82 bits per heavy atom. The zero-order chi connectivity index (χ0) is 15.7. The van der Waals surface area contributed by atoms with Crippen molar-refractivity contribution in [2.24, 2.45) is 0 Å². The van der Waals surface area contributed by atoms with Gasteiger partial charge in [-0.1, -0.05) is 6.92 Å². The molecule has 2 fully saturated rings. The molecule has 124 valence electrons. The number of rotatable bonds is 5. The van der Waals surface area contributed by atoms with Crippen LogP contribution in [0.4, 0.5) is 0 Å². The van der Waals surface area contributed by atoms with Crippen LogP contribution in [0.1, 0.15) is 31.3 Å². The van der Waals surface area contributed by atoms with Gasteiger partial charge in [0.1, 0.15) is 11.5 Å². The molecule has 1 aromatic rings. The average molecular weight is 328 g/mol. The summed E-state index contributed by atoms with van der Waals surface area (Å²) in [6, 6.07) is 4.09. The van der Waals surface area contributed by atoms with Crippen molar-refractivity contribution in [2.45, 2.75) is 50.9 Å². The molecule has 0 saturated carbocycles. The molecule has 0 unspecified atom stereocenters. The summed E-state index contributed by atoms with van der Waals surface area (Å²) >= 11 is 0. The molecule has 3 heterocycles. The van der Waals surface area contributed by atoms with Gasteiger partial charge in [0.05, 0.1) is 24.9 Å². The lowest BCUT2D eigenvalue weighted by atomic mass is 10.0. The van der Waals surface area contributed by atoms with E-state index in [4.69, 9.17) is 9.15 Å². The molecular formula is C15H24N2O4S. The van der Waals surface area contributed by atoms with Gasteiger partial charge in [-0.25, -0.2) is 13.1 Å². The van der Waals surface area contributed by atoms with Gasteiger partial charge in [0.2, 0.25) is 10.0 Å². The van der Waals surface area contributed by atoms with Crippen molar-refractivity contribution in [2.75, 3.05) is 19.4 Å². The third-order valence-corrected chi connectivity index (χ3v) is 5.15. The largest absolute Gasteiger partial charge is 0.465 e. The van der Waals surface area contributed by atoms with Crippen LogP contribution < -0.4 is 4.72 Å². The number of sulfonamides is 1. The molecule has 2 saturated heterocycles. The van der Waals surface area contributed by atoms with Gasteiger partial charge in [-0.2, -0.15) is 0 Å². The van der Waals surface area contributed by atoms with Crippen molar-refractivity contribution < 1.29 is 17.6 Å². The highest BCUT2D eigenvalue weighted by atomic mass is 32.2. The van der Waals surface area contributed by atoms with Gasteiger partial charge in [0, 0.05) is 25.6 Å². The van der Waals surface area contributed by atoms with Crippen molar-refractivity contribution in [1.82, 2.24) is 9.62 Å². The molecule has 3 rings (SSSR count). The minimum atomic E-state index is -3.23. The number of aryl methyl sites for hydroxylation is 1. The quantitative estimate of drug-likeness (QED) is 0.877. The third-order valence-electron chi connectivity index (χ3n) is 4.42. The smallest absolute Gasteiger partial charge is 0.209 e. The van der Waals surface area contributed by atoms with E-state index in [0.717, 1.165) is 30.8 Å². The maximum absolute atomic E-state index is 11.6. The molecule has 0 spiro atoms. The number of hydrogen-bond donors (Lipinski definition) is 1. The van der Waals surface area contributed by atoms with E-state index in [2.05, 4.69) is 16.5 Å². The SMILES string of the molecule is CCc1ccc(CN2C[C@@H](NS(C)(=O)=O)[C@@H]3OCCC[C@@H]32)o1. The first-order valence-corrected chi connectivity index (χ1v) is 9.76. The lowest BCUT2D eigenvalue weighted by Crippen LogP contribution is -2.47. The molecule has 1 aromatic heterocycles. The fraction of sp³-hybridized carbons (Fsp3) is 0.733. The zero-order valence-electron chi connectivity index (χ0n) is 13.1. The fourth-order valence-corrected chi connectivity index (χ4v) is 4.27. The molecule has 7 heteroatoms. The number of nitrogens with zero attached hydrogens (tertiary/aromatic N) is 1. The van der Waals surface area contributed by atoms with Crippen molar-refractivity contribution in [3.05, 3.63) is 23.7 Å². The minimum absolute atomic E-state index is 0.0657. The van der Waals surface area contributed by atoms with Gasteiger partial charge in [0.15, 0.2) is 0 Å². The van der Waals surface area contributed by atoms with Gasteiger partial charge in [-0.3, -0.25) is 4.90 Å². The van der Waals surface area contributed by atoms with Crippen LogP contribution in [0, 0.1) is 0 Å². The molecule has 0 amide bonds. The van der Waals surface area contributed by atoms with Gasteiger partial charge >= 0.3 is 0 Å². The van der Waals surface area contributed by atoms with Crippen LogP contribution in [0.2, 0.25) is 0 Å². The Kier molecular flexibility index (Phi) is 4.59. The fourth-order valence-electron chi connectivity index (χ4n) is 3.51. The van der Waals surface area contributed by atoms with E-state index in [-0.39, 0.29) is 18.2 Å². The summed E-state index contributed by atoms with van der Waals surface area (Å²) in [5.74, 6) is 1.91. The third kappa shape index (κ3) is 3.53. The summed E-state index contributed by atoms with van der Waals surface area (Å²) in [5.41, 5.74) is 0. The van der Waals surface area contributed by atoms with Crippen molar-refractivity contribution in [3.63, 3.8) is 0 Å². The van der Waals surface area contributed by atoms with Crippen LogP contribution in [0.25, 0.3) is 0 Å². The second-order valence-electron chi connectivity index (χ2n) is 6.19. The van der Waals surface area contributed by atoms with Crippen molar-refractivity contribution >= 4 is 10.0 Å². The van der Waals surface area contributed by atoms with E-state index >= 15 is 0 Å². The summed E-state index contributed by atoms with van der Waals surface area (Å²) < 4.78 is 37.5. The van der Waals surface area contributed by atoms with E-state index in [1.165, 1.54) is 6.26 Å². The molecule has 3 atom stereocenters. The summed E-state index contributed by atoms with van der Waals surface area (Å²) in [5, 5.41) is 0. The Morgan fingerprint density at radius 1 is 1.36 bits per heavy atom. The van der Waals surface area contributed by atoms with Gasteiger partial charge in [-0.15, -0.1) is 0 Å². The molecule has 1 N–H and O–H groups in total. The number of fused-ring (bicyclic) bond motifs is 1. The molecule has 0 aliphatic carbocycles. The molecule has 0 radical (unpaired) electrons. The first-order valence-electron chi connectivity index (χ1n) is 7.87. The molecule has 22 heavy (non-hydrogen) atoms. The standard InChI is InChI=1S/C15H24N2O4S/c1-3-11-6-7-12(21-11)9-17-10-13(16-22(2,18)19)15-14(17)5-4-8-20-15/h6-7,13-16H,3-5,8-10H2,1-2H3/t13-,14+,15+/m1/s1. The maximum Gasteiger partial charge on any atom is 0.209 e. The average Bonchev–Trinajstić information content (AvgIpc) is 3.04. The Bertz CT molecular complexity index is 613. The van der Waals surface area contributed by atoms with Crippen LogP contribution in [0.3, 0.4) is 0 Å². The molecular weight excluding hydrogens is 304 g/mol. The van der Waals surface area contributed by atoms with Gasteiger partial charge < -0.3 is 9.15 Å². The molecule has 2 aliphatic heterocycles. The minimum Gasteiger partial charge on any atom is -0.465 e. The summed E-state index contributed by atoms with van der Waals surface area (Å²) in [6.07, 6.45) is 4.07. The second kappa shape index (κ2) is 6.31. The number of likely N-dealkylation sites (tertiary alicyclic amines) is 1. The monoisotopic (exact) mass is 328 g/mol. The van der Waals surface area contributed by atoms with Gasteiger partial charge in [-0.05, 0) is 25.0 Å². The first-order chi connectivity index (χ1) is 10.5. The summed E-state index contributed by atoms with van der Waals surface area (Å²) in [6.45, 7) is 4.13. The Hall–Kier alpha value is -0.890. The lowest BCUT2D eigenvalue weighted by molar-refractivity contribution is -0.0202. The Morgan fingerprint density at radius 2 is 2.14 bits per heavy atom. The predicted octanol–water partition coefficient (Wildman–Crippen LogP) is 1.12. The highest BCUT2D eigenvalue weighted by molar-refractivity contribution is 7.88. The predicted molar refractivity (Wildman–Crippen MR) is 83.0 cm³/mol. The normalized spacial score (nSPS) is 29.6. The van der Waals surface area contributed by atoms with E-state index in [0.29, 0.717) is 19.7 Å². The van der Waals surface area contributed by atoms with E-state index in [1.807, 2.05) is 12.1 Å². The molecule has 0 bridgehead atoms. The maximum atomic E-state index is 11.6. The van der Waals surface area contributed by atoms with E-state index in [9.17, 15) is 8.42 Å². The lowest BCUT2D eigenvalue weighted by Gasteiger charge is -2.32. The second-order valence-corrected chi connectivity index (χ2v) is 7.97. The van der Waals surface area contributed by atoms with Gasteiger partial charge in [0.25, 0.3) is 0 Å². The van der Waals surface area contributed by atoms with Crippen LogP contribution in [-0.2, 0) is 27.7 Å². The molecule has 0 aromatic carbocycles. The van der Waals surface area contributed by atoms with Crippen molar-refractivity contribution in [3.8, 4) is 0 Å². The van der Waals surface area contributed by atoms with Crippen molar-refractivity contribution in [1.29, 1.82) is 0 Å². The van der Waals surface area contributed by atoms with Crippen LogP contribution in [0.15, 0.2) is 16.5 Å². The van der Waals surface area contributed by atoms with Crippen LogP contribution >= 0.6 is 0 Å². The van der Waals surface area contributed by atoms with Crippen LogP contribution in [0.5, 0.6) is 0 Å². The highest BCUT2D eigenvalue weighted by Crippen LogP contribution is 2.30. The van der Waals surface area contributed by atoms with E-state index < -0.39 is 10.0 Å². The number of furan rings is 1. The Balaban J connectivity index is 1.73. The Labute approximate surface area is 131 Å². The summed E-state index contributed by atoms with van der Waals surface area (Å²) in [4.78, 5) is 2.28. The summed E-state index contributed by atoms with van der Waals surface area (Å²) in [7, 11) is -3.23. The number of hydrogen-bond acceptors (Lipinski definition) is 5. The zero-order valence-corrected chi connectivity index (χ0v) is 13.9. The highest BCUT2D eigenvalue weighted by Gasteiger charge is 2.45. The van der Waals surface area contributed by atoms with E-state index in [1.54, 1.807) is 0 Å². The topological polar surface area (TPSA) is 71.8 Å². The molecule has 2 aliphatic rings. The molecule has 6 nitrogen and oxygen atoms in total. The first kappa shape index (κ1) is 16.0. The number of nitrogens with one attached hydrogen (secondary N) is 1. The number of ether oxygens (including phenoxy) is 1. The van der Waals surface area contributed by atoms with Crippen LogP contribution in [-0.4, -0.2) is 50.9 Å².